The number of hydrogen-bond acceptors (Lipinski definition) is 3. The van der Waals surface area contributed by atoms with Crippen LogP contribution >= 0.6 is 0 Å². The van der Waals surface area contributed by atoms with Gasteiger partial charge in [-0.25, -0.2) is 4.79 Å². The van der Waals surface area contributed by atoms with Crippen molar-refractivity contribution in [3.05, 3.63) is 29.3 Å². The average molecular weight is 318 g/mol. The number of urea groups is 1. The predicted molar refractivity (Wildman–Crippen MR) is 88.7 cm³/mol. The third kappa shape index (κ3) is 3.61. The fourth-order valence-corrected chi connectivity index (χ4v) is 3.73. The van der Waals surface area contributed by atoms with Crippen LogP contribution in [0.3, 0.4) is 0 Å². The number of benzene rings is 1. The summed E-state index contributed by atoms with van der Waals surface area (Å²) >= 11 is 0. The van der Waals surface area contributed by atoms with E-state index in [0.29, 0.717) is 6.54 Å². The van der Waals surface area contributed by atoms with Gasteiger partial charge < -0.3 is 19.7 Å². The fraction of sp³-hybridized carbons (Fsp3) is 0.611. The molecule has 1 aromatic rings. The van der Waals surface area contributed by atoms with E-state index < -0.39 is 0 Å². The van der Waals surface area contributed by atoms with Gasteiger partial charge in [0, 0.05) is 24.7 Å². The van der Waals surface area contributed by atoms with Gasteiger partial charge in [-0.1, -0.05) is 12.1 Å². The summed E-state index contributed by atoms with van der Waals surface area (Å²) in [5.41, 5.74) is 2.41. The zero-order chi connectivity index (χ0) is 16.4. The molecule has 5 nitrogen and oxygen atoms in total. The van der Waals surface area contributed by atoms with E-state index in [1.165, 1.54) is 11.1 Å². The number of hydrogen-bond donors (Lipinski definition) is 1. The smallest absolute Gasteiger partial charge is 0.317 e. The second kappa shape index (κ2) is 6.79. The van der Waals surface area contributed by atoms with Crippen LogP contribution in [0, 0.1) is 0 Å². The summed E-state index contributed by atoms with van der Waals surface area (Å²) in [6, 6.07) is 6.29. The van der Waals surface area contributed by atoms with E-state index in [1.54, 1.807) is 7.11 Å². The second-order valence-electron chi connectivity index (χ2n) is 6.64. The van der Waals surface area contributed by atoms with Gasteiger partial charge in [0.2, 0.25) is 0 Å². The maximum absolute atomic E-state index is 12.6. The third-order valence-electron chi connectivity index (χ3n) is 4.76. The Morgan fingerprint density at radius 3 is 2.74 bits per heavy atom. The third-order valence-corrected chi connectivity index (χ3v) is 4.76. The molecule has 1 aromatic carbocycles. The van der Waals surface area contributed by atoms with Gasteiger partial charge in [-0.2, -0.15) is 0 Å². The van der Waals surface area contributed by atoms with Gasteiger partial charge in [0.1, 0.15) is 5.75 Å². The van der Waals surface area contributed by atoms with Crippen LogP contribution in [0.25, 0.3) is 0 Å². The van der Waals surface area contributed by atoms with Gasteiger partial charge in [-0.05, 0) is 44.7 Å². The Morgan fingerprint density at radius 1 is 1.30 bits per heavy atom. The molecule has 1 saturated heterocycles. The fourth-order valence-electron chi connectivity index (χ4n) is 3.73. The molecule has 0 spiro atoms. The highest BCUT2D eigenvalue weighted by Crippen LogP contribution is 2.28. The first kappa shape index (κ1) is 16.1. The first-order valence-electron chi connectivity index (χ1n) is 8.42. The van der Waals surface area contributed by atoms with Crippen LogP contribution in [0.5, 0.6) is 5.75 Å². The number of nitrogens with zero attached hydrogens (tertiary/aromatic N) is 1. The Kier molecular flexibility index (Phi) is 4.76. The lowest BCUT2D eigenvalue weighted by Crippen LogP contribution is -2.50. The maximum atomic E-state index is 12.6. The van der Waals surface area contributed by atoms with Crippen LogP contribution in [0.4, 0.5) is 4.79 Å². The Morgan fingerprint density at radius 2 is 2.04 bits per heavy atom. The molecule has 1 N–H and O–H groups in total. The van der Waals surface area contributed by atoms with E-state index >= 15 is 0 Å². The maximum Gasteiger partial charge on any atom is 0.317 e. The van der Waals surface area contributed by atoms with Crippen molar-refractivity contribution in [2.24, 2.45) is 0 Å². The van der Waals surface area contributed by atoms with Crippen molar-refractivity contribution in [1.29, 1.82) is 0 Å². The minimum absolute atomic E-state index is 0.0322. The molecule has 1 fully saturated rings. The summed E-state index contributed by atoms with van der Waals surface area (Å²) < 4.78 is 11.2. The Hall–Kier alpha value is -1.75. The van der Waals surface area contributed by atoms with E-state index in [-0.39, 0.29) is 24.3 Å². The molecule has 2 amide bonds. The minimum atomic E-state index is 0.0322. The van der Waals surface area contributed by atoms with Gasteiger partial charge in [0.25, 0.3) is 0 Å². The molecule has 0 bridgehead atoms. The number of nitrogens with one attached hydrogen (secondary N) is 1. The molecule has 0 aliphatic carbocycles. The second-order valence-corrected chi connectivity index (χ2v) is 6.64. The highest BCUT2D eigenvalue weighted by molar-refractivity contribution is 5.75. The van der Waals surface area contributed by atoms with E-state index in [9.17, 15) is 4.79 Å². The van der Waals surface area contributed by atoms with Crippen molar-refractivity contribution in [2.75, 3.05) is 13.7 Å². The molecule has 2 aliphatic heterocycles. The van der Waals surface area contributed by atoms with Gasteiger partial charge in [0.05, 0.1) is 19.3 Å². The van der Waals surface area contributed by atoms with Crippen molar-refractivity contribution in [1.82, 2.24) is 10.2 Å². The number of amides is 2. The molecule has 23 heavy (non-hydrogen) atoms. The highest BCUT2D eigenvalue weighted by Gasteiger charge is 2.28. The first-order chi connectivity index (χ1) is 11.1. The molecular formula is C18H26N2O3. The number of methoxy groups -OCH3 is 1. The lowest BCUT2D eigenvalue weighted by atomic mass is 9.98. The van der Waals surface area contributed by atoms with E-state index in [1.807, 2.05) is 17.0 Å². The van der Waals surface area contributed by atoms with Crippen LogP contribution in [0.1, 0.15) is 37.8 Å². The predicted octanol–water partition coefficient (Wildman–Crippen LogP) is 2.72. The monoisotopic (exact) mass is 318 g/mol. The van der Waals surface area contributed by atoms with Gasteiger partial charge in [-0.3, -0.25) is 0 Å². The van der Waals surface area contributed by atoms with Crippen LogP contribution in [0.15, 0.2) is 18.2 Å². The Bertz CT molecular complexity index is 565. The van der Waals surface area contributed by atoms with Crippen molar-refractivity contribution >= 4 is 6.03 Å². The number of rotatable bonds is 2. The van der Waals surface area contributed by atoms with Crippen molar-refractivity contribution in [2.45, 2.75) is 57.9 Å². The number of ether oxygens (including phenoxy) is 2. The summed E-state index contributed by atoms with van der Waals surface area (Å²) in [5.74, 6) is 0.926. The standard InChI is InChI=1S/C18H26N2O3/c1-12-9-15(10-13(2)23-12)19-18(21)20-8-7-16-14(11-20)5-4-6-17(16)22-3/h4-6,12-13,15H,7-11H2,1-3H3,(H,19,21)/t12-,13-/m1/s1. The number of carbonyl (C=O) groups is 1. The Labute approximate surface area is 137 Å². The van der Waals surface area contributed by atoms with Crippen LogP contribution in [-0.2, 0) is 17.7 Å². The summed E-state index contributed by atoms with van der Waals surface area (Å²) in [6.07, 6.45) is 3.02. The largest absolute Gasteiger partial charge is 0.496 e. The normalized spacial score (nSPS) is 27.3. The summed E-state index contributed by atoms with van der Waals surface area (Å²) in [4.78, 5) is 14.5. The summed E-state index contributed by atoms with van der Waals surface area (Å²) in [5, 5.41) is 3.18. The molecule has 5 heteroatoms. The first-order valence-corrected chi connectivity index (χ1v) is 8.42. The molecular weight excluding hydrogens is 292 g/mol. The zero-order valence-electron chi connectivity index (χ0n) is 14.2. The molecule has 0 aromatic heterocycles. The lowest BCUT2D eigenvalue weighted by molar-refractivity contribution is -0.0407. The van der Waals surface area contributed by atoms with Gasteiger partial charge in [0.15, 0.2) is 0 Å². The van der Waals surface area contributed by atoms with Gasteiger partial charge in [-0.15, -0.1) is 0 Å². The van der Waals surface area contributed by atoms with E-state index in [4.69, 9.17) is 9.47 Å². The van der Waals surface area contributed by atoms with Crippen molar-refractivity contribution in [3.63, 3.8) is 0 Å². The molecule has 3 rings (SSSR count). The van der Waals surface area contributed by atoms with E-state index in [2.05, 4.69) is 25.2 Å². The summed E-state index contributed by atoms with van der Waals surface area (Å²) in [7, 11) is 1.70. The van der Waals surface area contributed by atoms with Gasteiger partial charge >= 0.3 is 6.03 Å². The Balaban J connectivity index is 1.63. The lowest BCUT2D eigenvalue weighted by Gasteiger charge is -2.35. The van der Waals surface area contributed by atoms with E-state index in [0.717, 1.165) is 31.6 Å². The SMILES string of the molecule is COc1cccc2c1CCN(C(=O)NC1C[C@@H](C)O[C@H](C)C1)C2. The van der Waals surface area contributed by atoms with Crippen LogP contribution in [0.2, 0.25) is 0 Å². The molecule has 2 heterocycles. The molecule has 126 valence electrons. The molecule has 0 unspecified atom stereocenters. The average Bonchev–Trinajstić information content (AvgIpc) is 2.52. The number of fused-ring (bicyclic) bond motifs is 1. The van der Waals surface area contributed by atoms with Crippen molar-refractivity contribution < 1.29 is 14.3 Å². The zero-order valence-corrected chi connectivity index (χ0v) is 14.2. The van der Waals surface area contributed by atoms with Crippen LogP contribution < -0.4 is 10.1 Å². The molecule has 2 aliphatic rings. The summed E-state index contributed by atoms with van der Waals surface area (Å²) in [6.45, 7) is 5.51. The van der Waals surface area contributed by atoms with Crippen molar-refractivity contribution in [3.8, 4) is 5.75 Å². The van der Waals surface area contributed by atoms with Crippen LogP contribution in [-0.4, -0.2) is 42.8 Å². The number of carbonyl (C=O) groups excluding carboxylic acids is 1. The molecule has 0 saturated carbocycles. The topological polar surface area (TPSA) is 50.8 Å². The quantitative estimate of drug-likeness (QED) is 0.912. The highest BCUT2D eigenvalue weighted by atomic mass is 16.5. The molecule has 2 atom stereocenters. The molecule has 0 radical (unpaired) electrons. The minimum Gasteiger partial charge on any atom is -0.496 e.